The lowest BCUT2D eigenvalue weighted by atomic mass is 10.1. The van der Waals surface area contributed by atoms with Crippen LogP contribution in [0.15, 0.2) is 83.5 Å². The molecule has 0 bridgehead atoms. The maximum Gasteiger partial charge on any atom is 0.255 e. The first-order valence-corrected chi connectivity index (χ1v) is 11.2. The van der Waals surface area contributed by atoms with Crippen molar-refractivity contribution in [3.63, 3.8) is 0 Å². The molecule has 1 heterocycles. The summed E-state index contributed by atoms with van der Waals surface area (Å²) in [5, 5.41) is 11.2. The molecule has 1 aromatic heterocycles. The zero-order valence-corrected chi connectivity index (χ0v) is 19.2. The summed E-state index contributed by atoms with van der Waals surface area (Å²) in [6.45, 7) is 2.81. The van der Waals surface area contributed by atoms with Crippen molar-refractivity contribution in [3.8, 4) is 22.7 Å². The van der Waals surface area contributed by atoms with Crippen LogP contribution in [-0.2, 0) is 0 Å². The first-order chi connectivity index (χ1) is 15.6. The molecular weight excluding hydrogens is 468 g/mol. The Kier molecular flexibility index (Phi) is 6.97. The van der Waals surface area contributed by atoms with Crippen molar-refractivity contribution >= 4 is 27.5 Å². The van der Waals surface area contributed by atoms with E-state index in [2.05, 4.69) is 38.5 Å². The highest BCUT2D eigenvalue weighted by molar-refractivity contribution is 9.10. The Balaban J connectivity index is 1.43. The van der Waals surface area contributed by atoms with Crippen LogP contribution in [0, 0.1) is 0 Å². The molecule has 3 aromatic carbocycles. The molecule has 0 aliphatic heterocycles. The van der Waals surface area contributed by atoms with Crippen molar-refractivity contribution in [2.24, 2.45) is 0 Å². The molecule has 0 fully saturated rings. The normalized spacial score (nSPS) is 10.7. The van der Waals surface area contributed by atoms with E-state index >= 15 is 0 Å². The monoisotopic (exact) mass is 490 g/mol. The van der Waals surface area contributed by atoms with Crippen LogP contribution in [0.4, 0.5) is 5.69 Å². The van der Waals surface area contributed by atoms with Crippen LogP contribution >= 0.6 is 15.9 Å². The number of nitrogens with zero attached hydrogens (tertiary/aromatic N) is 3. The average Bonchev–Trinajstić information content (AvgIpc) is 3.30. The largest absolute Gasteiger partial charge is 0.494 e. The maximum absolute atomic E-state index is 12.6. The third kappa shape index (κ3) is 5.23. The molecule has 0 unspecified atom stereocenters. The van der Waals surface area contributed by atoms with E-state index in [0.717, 1.165) is 40.0 Å². The van der Waals surface area contributed by atoms with Gasteiger partial charge in [-0.15, -0.1) is 5.10 Å². The number of benzene rings is 3. The van der Waals surface area contributed by atoms with Gasteiger partial charge in [0, 0.05) is 21.3 Å². The first-order valence-electron chi connectivity index (χ1n) is 10.5. The van der Waals surface area contributed by atoms with Gasteiger partial charge in [0.25, 0.3) is 5.91 Å². The number of aromatic nitrogens is 3. The van der Waals surface area contributed by atoms with Crippen LogP contribution in [-0.4, -0.2) is 27.5 Å². The number of hydrogen-bond acceptors (Lipinski definition) is 4. The second-order valence-electron chi connectivity index (χ2n) is 7.27. The Morgan fingerprint density at radius 1 is 1.00 bits per heavy atom. The number of halogens is 1. The molecule has 162 valence electrons. The van der Waals surface area contributed by atoms with Gasteiger partial charge in [0.1, 0.15) is 5.75 Å². The summed E-state index contributed by atoms with van der Waals surface area (Å²) in [6.07, 6.45) is 3.83. The van der Waals surface area contributed by atoms with Crippen LogP contribution in [0.2, 0.25) is 0 Å². The van der Waals surface area contributed by atoms with E-state index in [1.807, 2.05) is 60.7 Å². The maximum atomic E-state index is 12.6. The molecule has 0 aliphatic rings. The zero-order chi connectivity index (χ0) is 22.3. The Hall–Kier alpha value is -3.45. The van der Waals surface area contributed by atoms with Crippen molar-refractivity contribution < 1.29 is 9.53 Å². The second kappa shape index (κ2) is 10.2. The summed E-state index contributed by atoms with van der Waals surface area (Å²) in [5.41, 5.74) is 4.03. The molecular formula is C25H23BrN4O2. The lowest BCUT2D eigenvalue weighted by molar-refractivity contribution is 0.102. The van der Waals surface area contributed by atoms with Gasteiger partial charge in [-0.2, -0.15) is 0 Å². The summed E-state index contributed by atoms with van der Waals surface area (Å²) >= 11 is 3.45. The van der Waals surface area contributed by atoms with E-state index in [1.165, 1.54) is 0 Å². The lowest BCUT2D eigenvalue weighted by Gasteiger charge is -2.10. The number of unbranched alkanes of at least 4 members (excludes halogenated alkanes) is 1. The van der Waals surface area contributed by atoms with Gasteiger partial charge in [-0.3, -0.25) is 4.79 Å². The number of hydrogen-bond donors (Lipinski definition) is 1. The smallest absolute Gasteiger partial charge is 0.255 e. The Morgan fingerprint density at radius 2 is 1.72 bits per heavy atom. The van der Waals surface area contributed by atoms with Gasteiger partial charge in [-0.05, 0) is 67.1 Å². The molecule has 1 amide bonds. The third-order valence-electron chi connectivity index (χ3n) is 4.94. The van der Waals surface area contributed by atoms with Crippen LogP contribution in [0.25, 0.3) is 16.9 Å². The van der Waals surface area contributed by atoms with Gasteiger partial charge in [0.15, 0.2) is 0 Å². The Morgan fingerprint density at radius 3 is 2.41 bits per heavy atom. The minimum Gasteiger partial charge on any atom is -0.494 e. The van der Waals surface area contributed by atoms with E-state index < -0.39 is 0 Å². The summed E-state index contributed by atoms with van der Waals surface area (Å²) in [7, 11) is 0. The number of carbonyl (C=O) groups is 1. The average molecular weight is 491 g/mol. The molecule has 0 spiro atoms. The number of anilines is 1. The van der Waals surface area contributed by atoms with Crippen LogP contribution in [0.5, 0.6) is 5.75 Å². The fourth-order valence-corrected chi connectivity index (χ4v) is 3.43. The molecule has 4 aromatic rings. The predicted octanol–water partition coefficient (Wildman–Crippen LogP) is 6.13. The van der Waals surface area contributed by atoms with E-state index in [-0.39, 0.29) is 5.91 Å². The Labute approximate surface area is 195 Å². The zero-order valence-electron chi connectivity index (χ0n) is 17.7. The van der Waals surface area contributed by atoms with E-state index in [0.29, 0.717) is 17.9 Å². The van der Waals surface area contributed by atoms with E-state index in [9.17, 15) is 4.79 Å². The van der Waals surface area contributed by atoms with Gasteiger partial charge in [0.05, 0.1) is 24.2 Å². The highest BCUT2D eigenvalue weighted by atomic mass is 79.9. The molecule has 0 aliphatic carbocycles. The molecule has 7 heteroatoms. The third-order valence-corrected chi connectivity index (χ3v) is 5.47. The van der Waals surface area contributed by atoms with Gasteiger partial charge in [0.2, 0.25) is 0 Å². The number of nitrogens with one attached hydrogen (secondary N) is 1. The lowest BCUT2D eigenvalue weighted by Crippen LogP contribution is -2.12. The van der Waals surface area contributed by atoms with Gasteiger partial charge in [-0.1, -0.05) is 46.6 Å². The summed E-state index contributed by atoms with van der Waals surface area (Å²) in [4.78, 5) is 12.6. The van der Waals surface area contributed by atoms with Gasteiger partial charge in [-0.25, -0.2) is 4.68 Å². The fraction of sp³-hybridized carbons (Fsp3) is 0.160. The second-order valence-corrected chi connectivity index (χ2v) is 8.18. The van der Waals surface area contributed by atoms with E-state index in [4.69, 9.17) is 4.74 Å². The molecule has 32 heavy (non-hydrogen) atoms. The first kappa shape index (κ1) is 21.8. The van der Waals surface area contributed by atoms with Crippen molar-refractivity contribution in [1.82, 2.24) is 15.0 Å². The molecule has 6 nitrogen and oxygen atoms in total. The fourth-order valence-electron chi connectivity index (χ4n) is 3.17. The summed E-state index contributed by atoms with van der Waals surface area (Å²) < 4.78 is 8.43. The number of rotatable bonds is 8. The highest BCUT2D eigenvalue weighted by Crippen LogP contribution is 2.24. The van der Waals surface area contributed by atoms with Crippen LogP contribution < -0.4 is 10.1 Å². The highest BCUT2D eigenvalue weighted by Gasteiger charge is 2.10. The molecule has 0 radical (unpaired) electrons. The molecule has 1 N–H and O–H groups in total. The summed E-state index contributed by atoms with van der Waals surface area (Å²) in [5.74, 6) is 0.600. The summed E-state index contributed by atoms with van der Waals surface area (Å²) in [6, 6.07) is 22.7. The Bertz CT molecular complexity index is 1170. The van der Waals surface area contributed by atoms with E-state index in [1.54, 1.807) is 23.0 Å². The number of carbonyl (C=O) groups excluding carboxylic acids is 1. The predicted molar refractivity (Wildman–Crippen MR) is 129 cm³/mol. The molecule has 0 saturated carbocycles. The van der Waals surface area contributed by atoms with Crippen molar-refractivity contribution in [3.05, 3.63) is 89.0 Å². The molecule has 4 rings (SSSR count). The standard InChI is InChI=1S/C25H23BrN4O2/c1-2-3-16-32-23-14-6-19(7-15-23)25(31)28-21-10-12-22(13-11-21)30-24(17-27-29-30)18-4-8-20(26)9-5-18/h4-15,17H,2-3,16H2,1H3,(H,28,31). The minimum atomic E-state index is -0.172. The van der Waals surface area contributed by atoms with Crippen molar-refractivity contribution in [2.75, 3.05) is 11.9 Å². The van der Waals surface area contributed by atoms with Crippen molar-refractivity contribution in [2.45, 2.75) is 19.8 Å². The molecule has 0 atom stereocenters. The minimum absolute atomic E-state index is 0.172. The van der Waals surface area contributed by atoms with Gasteiger partial charge < -0.3 is 10.1 Å². The SMILES string of the molecule is CCCCOc1ccc(C(=O)Nc2ccc(-n3nncc3-c3ccc(Br)cc3)cc2)cc1. The van der Waals surface area contributed by atoms with Crippen molar-refractivity contribution in [1.29, 1.82) is 0 Å². The topological polar surface area (TPSA) is 69.0 Å². The quantitative estimate of drug-likeness (QED) is 0.301. The van der Waals surface area contributed by atoms with Gasteiger partial charge >= 0.3 is 0 Å². The van der Waals surface area contributed by atoms with Crippen LogP contribution in [0.1, 0.15) is 30.1 Å². The van der Waals surface area contributed by atoms with Crippen LogP contribution in [0.3, 0.4) is 0 Å². The number of amides is 1. The molecule has 0 saturated heterocycles. The number of ether oxygens (including phenoxy) is 1.